The van der Waals surface area contributed by atoms with Crippen molar-refractivity contribution >= 4 is 5.91 Å². The second-order valence-corrected chi connectivity index (χ2v) is 6.42. The van der Waals surface area contributed by atoms with E-state index in [0.29, 0.717) is 12.3 Å². The van der Waals surface area contributed by atoms with Crippen LogP contribution in [0, 0.1) is 11.8 Å². The van der Waals surface area contributed by atoms with E-state index in [-0.39, 0.29) is 11.9 Å². The number of carbonyl (C=O) groups excluding carboxylic acids is 1. The highest BCUT2D eigenvalue weighted by atomic mass is 16.2. The van der Waals surface area contributed by atoms with Gasteiger partial charge in [-0.2, -0.15) is 0 Å². The Labute approximate surface area is 124 Å². The maximum absolute atomic E-state index is 12.2. The van der Waals surface area contributed by atoms with Gasteiger partial charge in [0.15, 0.2) is 0 Å². The highest BCUT2D eigenvalue weighted by Gasteiger charge is 2.25. The van der Waals surface area contributed by atoms with Crippen LogP contribution >= 0.6 is 0 Å². The molecule has 1 fully saturated rings. The van der Waals surface area contributed by atoms with E-state index in [1.165, 1.54) is 6.54 Å². The summed E-state index contributed by atoms with van der Waals surface area (Å²) < 4.78 is 0. The first-order valence-electron chi connectivity index (χ1n) is 8.23. The Balaban J connectivity index is 2.32. The summed E-state index contributed by atoms with van der Waals surface area (Å²) in [5.74, 6) is 1.37. The molecule has 0 aromatic carbocycles. The zero-order chi connectivity index (χ0) is 15.1. The van der Waals surface area contributed by atoms with Crippen LogP contribution < -0.4 is 5.73 Å². The molecule has 0 saturated carbocycles. The standard InChI is InChI=1S/C16H33N3O/c1-5-18(6-2)12-14-7-9-19(10-8-14)16(20)11-15(17)13(3)4/h13-15H,5-12,17H2,1-4H3. The van der Waals surface area contributed by atoms with Crippen molar-refractivity contribution in [2.45, 2.75) is 53.0 Å². The van der Waals surface area contributed by atoms with Crippen LogP contribution in [0.5, 0.6) is 0 Å². The molecule has 20 heavy (non-hydrogen) atoms. The molecule has 0 aliphatic carbocycles. The Morgan fingerprint density at radius 3 is 2.25 bits per heavy atom. The molecule has 1 saturated heterocycles. The fourth-order valence-electron chi connectivity index (χ4n) is 2.78. The van der Waals surface area contributed by atoms with E-state index >= 15 is 0 Å². The molecule has 0 bridgehead atoms. The molecule has 1 rings (SSSR count). The lowest BCUT2D eigenvalue weighted by Gasteiger charge is -2.35. The number of amides is 1. The number of carbonyl (C=O) groups is 1. The Morgan fingerprint density at radius 2 is 1.80 bits per heavy atom. The van der Waals surface area contributed by atoms with Crippen molar-refractivity contribution in [3.8, 4) is 0 Å². The quantitative estimate of drug-likeness (QED) is 0.777. The van der Waals surface area contributed by atoms with Crippen molar-refractivity contribution in [1.29, 1.82) is 0 Å². The van der Waals surface area contributed by atoms with E-state index in [0.717, 1.165) is 44.9 Å². The summed E-state index contributed by atoms with van der Waals surface area (Å²) in [4.78, 5) is 16.7. The molecule has 0 radical (unpaired) electrons. The number of nitrogens with two attached hydrogens (primary N) is 1. The lowest BCUT2D eigenvalue weighted by atomic mass is 9.95. The first kappa shape index (κ1) is 17.4. The van der Waals surface area contributed by atoms with Crippen LogP contribution in [0.1, 0.15) is 47.0 Å². The monoisotopic (exact) mass is 283 g/mol. The molecule has 2 N–H and O–H groups in total. The summed E-state index contributed by atoms with van der Waals surface area (Å²) in [6, 6.07) is -0.00380. The number of hydrogen-bond donors (Lipinski definition) is 1. The predicted molar refractivity (Wildman–Crippen MR) is 84.5 cm³/mol. The molecule has 0 aromatic rings. The first-order chi connectivity index (χ1) is 9.47. The van der Waals surface area contributed by atoms with Crippen LogP contribution in [-0.4, -0.2) is 54.5 Å². The van der Waals surface area contributed by atoms with Crippen molar-refractivity contribution < 1.29 is 4.79 Å². The highest BCUT2D eigenvalue weighted by molar-refractivity contribution is 5.76. The van der Waals surface area contributed by atoms with Crippen molar-refractivity contribution in [2.75, 3.05) is 32.7 Å². The second-order valence-electron chi connectivity index (χ2n) is 6.42. The van der Waals surface area contributed by atoms with Gasteiger partial charge in [0.1, 0.15) is 0 Å². The van der Waals surface area contributed by atoms with E-state index in [2.05, 4.69) is 32.6 Å². The van der Waals surface area contributed by atoms with Crippen LogP contribution in [0.25, 0.3) is 0 Å². The Morgan fingerprint density at radius 1 is 1.25 bits per heavy atom. The summed E-state index contributed by atoms with van der Waals surface area (Å²) in [6.45, 7) is 13.8. The molecule has 1 heterocycles. The van der Waals surface area contributed by atoms with Gasteiger partial charge >= 0.3 is 0 Å². The zero-order valence-corrected chi connectivity index (χ0v) is 13.8. The topological polar surface area (TPSA) is 49.6 Å². The van der Waals surface area contributed by atoms with Crippen LogP contribution in [0.4, 0.5) is 0 Å². The Hall–Kier alpha value is -0.610. The van der Waals surface area contributed by atoms with Gasteiger partial charge in [-0.15, -0.1) is 0 Å². The van der Waals surface area contributed by atoms with Gasteiger partial charge in [0, 0.05) is 32.1 Å². The number of rotatable bonds is 7. The van der Waals surface area contributed by atoms with E-state index in [1.54, 1.807) is 0 Å². The summed E-state index contributed by atoms with van der Waals surface area (Å²) in [7, 11) is 0. The van der Waals surface area contributed by atoms with Gasteiger partial charge in [-0.1, -0.05) is 27.7 Å². The summed E-state index contributed by atoms with van der Waals surface area (Å²) in [5, 5.41) is 0. The van der Waals surface area contributed by atoms with E-state index in [1.807, 2.05) is 4.90 Å². The van der Waals surface area contributed by atoms with Gasteiger partial charge in [-0.25, -0.2) is 0 Å². The number of nitrogens with zero attached hydrogens (tertiary/aromatic N) is 2. The van der Waals surface area contributed by atoms with Gasteiger partial charge < -0.3 is 15.5 Å². The minimum Gasteiger partial charge on any atom is -0.343 e. The molecule has 1 unspecified atom stereocenters. The highest BCUT2D eigenvalue weighted by Crippen LogP contribution is 2.19. The molecular formula is C16H33N3O. The SMILES string of the molecule is CCN(CC)CC1CCN(C(=O)CC(N)C(C)C)CC1. The lowest BCUT2D eigenvalue weighted by molar-refractivity contribution is -0.133. The fraction of sp³-hybridized carbons (Fsp3) is 0.938. The third-order valence-electron chi connectivity index (χ3n) is 4.64. The average molecular weight is 283 g/mol. The molecule has 4 nitrogen and oxygen atoms in total. The van der Waals surface area contributed by atoms with Crippen molar-refractivity contribution in [3.05, 3.63) is 0 Å². The third kappa shape index (κ3) is 5.41. The minimum atomic E-state index is -0.00380. The molecule has 1 aliphatic heterocycles. The molecular weight excluding hydrogens is 250 g/mol. The number of likely N-dealkylation sites (tertiary alicyclic amines) is 1. The molecule has 118 valence electrons. The van der Waals surface area contributed by atoms with E-state index in [9.17, 15) is 4.79 Å². The van der Waals surface area contributed by atoms with Gasteiger partial charge in [0.05, 0.1) is 0 Å². The maximum atomic E-state index is 12.2. The summed E-state index contributed by atoms with van der Waals surface area (Å²) in [6.07, 6.45) is 2.77. The molecule has 1 atom stereocenters. The summed E-state index contributed by atoms with van der Waals surface area (Å²) in [5.41, 5.74) is 6.00. The average Bonchev–Trinajstić information content (AvgIpc) is 2.45. The van der Waals surface area contributed by atoms with Crippen LogP contribution in [0.2, 0.25) is 0 Å². The summed E-state index contributed by atoms with van der Waals surface area (Å²) >= 11 is 0. The zero-order valence-electron chi connectivity index (χ0n) is 13.8. The smallest absolute Gasteiger partial charge is 0.224 e. The second kappa shape index (κ2) is 8.63. The molecule has 1 amide bonds. The third-order valence-corrected chi connectivity index (χ3v) is 4.64. The predicted octanol–water partition coefficient (Wildman–Crippen LogP) is 1.94. The minimum absolute atomic E-state index is 0.00380. The number of hydrogen-bond acceptors (Lipinski definition) is 3. The van der Waals surface area contributed by atoms with Gasteiger partial charge in [-0.3, -0.25) is 4.79 Å². The number of piperidine rings is 1. The van der Waals surface area contributed by atoms with Crippen LogP contribution in [0.3, 0.4) is 0 Å². The van der Waals surface area contributed by atoms with E-state index < -0.39 is 0 Å². The Bertz CT molecular complexity index is 281. The molecule has 4 heteroatoms. The van der Waals surface area contributed by atoms with Gasteiger partial charge in [-0.05, 0) is 37.8 Å². The van der Waals surface area contributed by atoms with Crippen molar-refractivity contribution in [1.82, 2.24) is 9.80 Å². The van der Waals surface area contributed by atoms with Gasteiger partial charge in [0.25, 0.3) is 0 Å². The van der Waals surface area contributed by atoms with Crippen LogP contribution in [-0.2, 0) is 4.79 Å². The molecule has 0 aromatic heterocycles. The fourth-order valence-corrected chi connectivity index (χ4v) is 2.78. The normalized spacial score (nSPS) is 18.9. The maximum Gasteiger partial charge on any atom is 0.224 e. The van der Waals surface area contributed by atoms with Crippen LogP contribution in [0.15, 0.2) is 0 Å². The van der Waals surface area contributed by atoms with Crippen molar-refractivity contribution in [3.63, 3.8) is 0 Å². The lowest BCUT2D eigenvalue weighted by Crippen LogP contribution is -2.44. The molecule has 1 aliphatic rings. The Kier molecular flexibility index (Phi) is 7.52. The van der Waals surface area contributed by atoms with Gasteiger partial charge in [0.2, 0.25) is 5.91 Å². The van der Waals surface area contributed by atoms with Crippen molar-refractivity contribution in [2.24, 2.45) is 17.6 Å². The first-order valence-corrected chi connectivity index (χ1v) is 8.23. The van der Waals surface area contributed by atoms with E-state index in [4.69, 9.17) is 5.73 Å². The molecule has 0 spiro atoms. The largest absolute Gasteiger partial charge is 0.343 e.